The van der Waals surface area contributed by atoms with Crippen LogP contribution in [0.1, 0.15) is 6.92 Å². The molecule has 0 fully saturated rings. The van der Waals surface area contributed by atoms with Crippen molar-refractivity contribution in [3.8, 4) is 6.07 Å². The summed E-state index contributed by atoms with van der Waals surface area (Å²) in [6.07, 6.45) is 0. The number of fused-ring (bicyclic) bond motifs is 3. The SMILES string of the molecule is C[C@@H](C#N)CSc1nnc2n(C)c(=O)c3ccccc3n12. The van der Waals surface area contributed by atoms with Crippen LogP contribution in [0, 0.1) is 17.2 Å². The van der Waals surface area contributed by atoms with Gasteiger partial charge >= 0.3 is 0 Å². The van der Waals surface area contributed by atoms with E-state index in [1.54, 1.807) is 13.1 Å². The van der Waals surface area contributed by atoms with Gasteiger partial charge in [0.2, 0.25) is 5.78 Å². The maximum absolute atomic E-state index is 12.3. The second-order valence-corrected chi connectivity index (χ2v) is 5.83. The number of nitriles is 1. The number of para-hydroxylation sites is 1. The molecule has 7 heteroatoms. The molecule has 0 radical (unpaired) electrons. The van der Waals surface area contributed by atoms with Crippen LogP contribution in [-0.4, -0.2) is 24.9 Å². The molecule has 0 aliphatic heterocycles. The predicted molar refractivity (Wildman–Crippen MR) is 81.2 cm³/mol. The quantitative estimate of drug-likeness (QED) is 0.690. The Morgan fingerprint density at radius 1 is 1.38 bits per heavy atom. The van der Waals surface area contributed by atoms with Crippen molar-refractivity contribution in [1.82, 2.24) is 19.2 Å². The maximum Gasteiger partial charge on any atom is 0.262 e. The van der Waals surface area contributed by atoms with Gasteiger partial charge in [-0.1, -0.05) is 23.9 Å². The summed E-state index contributed by atoms with van der Waals surface area (Å²) in [4.78, 5) is 12.3. The van der Waals surface area contributed by atoms with E-state index in [1.165, 1.54) is 16.3 Å². The minimum atomic E-state index is -0.0903. The Bertz CT molecular complexity index is 921. The number of thioether (sulfide) groups is 1. The zero-order valence-electron chi connectivity index (χ0n) is 11.6. The van der Waals surface area contributed by atoms with E-state index in [0.29, 0.717) is 22.1 Å². The second kappa shape index (κ2) is 5.22. The average Bonchev–Trinajstić information content (AvgIpc) is 2.94. The summed E-state index contributed by atoms with van der Waals surface area (Å²) < 4.78 is 3.36. The highest BCUT2D eigenvalue weighted by atomic mass is 32.2. The molecule has 0 saturated carbocycles. The lowest BCUT2D eigenvalue weighted by Gasteiger charge is -2.07. The molecule has 3 rings (SSSR count). The van der Waals surface area contributed by atoms with E-state index in [1.807, 2.05) is 29.5 Å². The lowest BCUT2D eigenvalue weighted by molar-refractivity contribution is 0.845. The van der Waals surface area contributed by atoms with Crippen LogP contribution in [-0.2, 0) is 7.05 Å². The lowest BCUT2D eigenvalue weighted by atomic mass is 10.2. The zero-order chi connectivity index (χ0) is 15.0. The number of benzene rings is 1. The van der Waals surface area contributed by atoms with Gasteiger partial charge in [-0.15, -0.1) is 10.2 Å². The first-order valence-electron chi connectivity index (χ1n) is 6.48. The number of aromatic nitrogens is 4. The molecule has 0 spiro atoms. The molecule has 0 N–H and O–H groups in total. The van der Waals surface area contributed by atoms with E-state index >= 15 is 0 Å². The molecule has 6 nitrogen and oxygen atoms in total. The fraction of sp³-hybridized carbons (Fsp3) is 0.286. The molecule has 21 heavy (non-hydrogen) atoms. The Morgan fingerprint density at radius 3 is 2.90 bits per heavy atom. The molecule has 1 atom stereocenters. The lowest BCUT2D eigenvalue weighted by Crippen LogP contribution is -2.20. The molecule has 2 heterocycles. The fourth-order valence-corrected chi connectivity index (χ4v) is 3.02. The fourth-order valence-electron chi connectivity index (χ4n) is 2.14. The summed E-state index contributed by atoms with van der Waals surface area (Å²) in [6.45, 7) is 1.87. The van der Waals surface area contributed by atoms with E-state index in [4.69, 9.17) is 5.26 Å². The third-order valence-electron chi connectivity index (χ3n) is 3.28. The topological polar surface area (TPSA) is 76.0 Å². The predicted octanol–water partition coefficient (Wildman–Crippen LogP) is 1.83. The summed E-state index contributed by atoms with van der Waals surface area (Å²) in [7, 11) is 1.69. The second-order valence-electron chi connectivity index (χ2n) is 4.84. The van der Waals surface area contributed by atoms with E-state index in [0.717, 1.165) is 5.52 Å². The van der Waals surface area contributed by atoms with Crippen molar-refractivity contribution in [1.29, 1.82) is 5.26 Å². The number of hydrogen-bond donors (Lipinski definition) is 0. The van der Waals surface area contributed by atoms with Gasteiger partial charge in [0.05, 0.1) is 22.9 Å². The molecule has 106 valence electrons. The third-order valence-corrected chi connectivity index (χ3v) is 4.47. The summed E-state index contributed by atoms with van der Waals surface area (Å²) in [5, 5.41) is 18.5. The standard InChI is InChI=1S/C14H13N5OS/c1-9(7-15)8-21-14-17-16-13-18(2)12(20)10-5-3-4-6-11(10)19(13)14/h3-6,9H,8H2,1-2H3/t9-/m0/s1. The summed E-state index contributed by atoms with van der Waals surface area (Å²) in [5.74, 6) is 1.07. The maximum atomic E-state index is 12.3. The van der Waals surface area contributed by atoms with E-state index in [9.17, 15) is 4.79 Å². The van der Waals surface area contributed by atoms with Crippen LogP contribution in [0.2, 0.25) is 0 Å². The average molecular weight is 299 g/mol. The first kappa shape index (κ1) is 13.6. The molecule has 0 aliphatic rings. The molecule has 0 saturated heterocycles. The van der Waals surface area contributed by atoms with Crippen molar-refractivity contribution in [2.45, 2.75) is 12.1 Å². The molecule has 0 aliphatic carbocycles. The van der Waals surface area contributed by atoms with Crippen molar-refractivity contribution < 1.29 is 0 Å². The molecule has 1 aromatic carbocycles. The highest BCUT2D eigenvalue weighted by Gasteiger charge is 2.15. The van der Waals surface area contributed by atoms with Crippen molar-refractivity contribution >= 4 is 28.4 Å². The summed E-state index contributed by atoms with van der Waals surface area (Å²) >= 11 is 1.47. The van der Waals surface area contributed by atoms with E-state index in [-0.39, 0.29) is 11.5 Å². The Morgan fingerprint density at radius 2 is 2.14 bits per heavy atom. The van der Waals surface area contributed by atoms with Gasteiger partial charge in [0.15, 0.2) is 5.16 Å². The van der Waals surface area contributed by atoms with E-state index in [2.05, 4.69) is 16.3 Å². The molecule has 0 bridgehead atoms. The molecule has 3 aromatic rings. The van der Waals surface area contributed by atoms with Gasteiger partial charge in [0.1, 0.15) is 0 Å². The van der Waals surface area contributed by atoms with Crippen LogP contribution < -0.4 is 5.56 Å². The minimum absolute atomic E-state index is 0.0684. The van der Waals surface area contributed by atoms with Gasteiger partial charge in [-0.3, -0.25) is 13.8 Å². The van der Waals surface area contributed by atoms with Crippen LogP contribution >= 0.6 is 11.8 Å². The van der Waals surface area contributed by atoms with Crippen molar-refractivity contribution in [2.24, 2.45) is 13.0 Å². The van der Waals surface area contributed by atoms with E-state index < -0.39 is 0 Å². The van der Waals surface area contributed by atoms with Crippen molar-refractivity contribution in [3.63, 3.8) is 0 Å². The van der Waals surface area contributed by atoms with Crippen molar-refractivity contribution in [2.75, 3.05) is 5.75 Å². The number of rotatable bonds is 3. The van der Waals surface area contributed by atoms with Crippen LogP contribution in [0.5, 0.6) is 0 Å². The first-order valence-corrected chi connectivity index (χ1v) is 7.47. The Hall–Kier alpha value is -2.33. The molecular formula is C14H13N5OS. The van der Waals surface area contributed by atoms with Crippen LogP contribution in [0.25, 0.3) is 16.7 Å². The molecule has 0 unspecified atom stereocenters. The molecule has 2 aromatic heterocycles. The largest absolute Gasteiger partial charge is 0.279 e. The Balaban J connectivity index is 2.25. The smallest absolute Gasteiger partial charge is 0.262 e. The number of nitrogens with zero attached hydrogens (tertiary/aromatic N) is 5. The molecular weight excluding hydrogens is 286 g/mol. The zero-order valence-corrected chi connectivity index (χ0v) is 12.5. The third kappa shape index (κ3) is 2.17. The van der Waals surface area contributed by atoms with Crippen LogP contribution in [0.3, 0.4) is 0 Å². The first-order chi connectivity index (χ1) is 10.1. The van der Waals surface area contributed by atoms with Gasteiger partial charge in [-0.05, 0) is 19.1 Å². The van der Waals surface area contributed by atoms with Gasteiger partial charge in [0.25, 0.3) is 5.56 Å². The van der Waals surface area contributed by atoms with Gasteiger partial charge in [-0.2, -0.15) is 5.26 Å². The Labute approximate surface area is 125 Å². The van der Waals surface area contributed by atoms with Gasteiger partial charge in [0, 0.05) is 12.8 Å². The highest BCUT2D eigenvalue weighted by Crippen LogP contribution is 2.22. The monoisotopic (exact) mass is 299 g/mol. The number of hydrogen-bond acceptors (Lipinski definition) is 5. The van der Waals surface area contributed by atoms with Crippen LogP contribution in [0.15, 0.2) is 34.2 Å². The minimum Gasteiger partial charge on any atom is -0.279 e. The normalized spacial score (nSPS) is 12.6. The Kier molecular flexibility index (Phi) is 3.39. The van der Waals surface area contributed by atoms with Crippen LogP contribution in [0.4, 0.5) is 0 Å². The van der Waals surface area contributed by atoms with Gasteiger partial charge in [-0.25, -0.2) is 0 Å². The number of aryl methyl sites for hydroxylation is 1. The van der Waals surface area contributed by atoms with Gasteiger partial charge < -0.3 is 0 Å². The highest BCUT2D eigenvalue weighted by molar-refractivity contribution is 7.99. The molecule has 0 amide bonds. The van der Waals surface area contributed by atoms with Crippen molar-refractivity contribution in [3.05, 3.63) is 34.6 Å². The summed E-state index contributed by atoms with van der Waals surface area (Å²) in [6, 6.07) is 9.59. The summed E-state index contributed by atoms with van der Waals surface area (Å²) in [5.41, 5.74) is 0.695.